The van der Waals surface area contributed by atoms with Gasteiger partial charge in [0, 0.05) is 5.88 Å². The highest BCUT2D eigenvalue weighted by Crippen LogP contribution is 2.24. The van der Waals surface area contributed by atoms with Crippen LogP contribution in [0.5, 0.6) is 0 Å². The predicted octanol–water partition coefficient (Wildman–Crippen LogP) is 2.35. The minimum atomic E-state index is -2.82. The van der Waals surface area contributed by atoms with Crippen molar-refractivity contribution < 1.29 is 18.3 Å². The molecule has 1 heterocycles. The number of nitrogens with zero attached hydrogens (tertiary/aromatic N) is 2. The maximum atomic E-state index is 12.7. The van der Waals surface area contributed by atoms with Gasteiger partial charge in [0.1, 0.15) is 11.8 Å². The standard InChI is InChI=1S/C11H9ClF2N2O2/c1-18-9(17)3-8-7(5-15)2-6(4-12)10(16-8)11(13)14/h2,11H,3-4H2,1H3. The van der Waals surface area contributed by atoms with Gasteiger partial charge in [-0.25, -0.2) is 13.8 Å². The summed E-state index contributed by atoms with van der Waals surface area (Å²) in [5.41, 5.74) is -0.422. The number of esters is 1. The normalized spacial score (nSPS) is 10.2. The third kappa shape index (κ3) is 3.14. The third-order valence-electron chi connectivity index (χ3n) is 2.22. The fourth-order valence-electron chi connectivity index (χ4n) is 1.35. The molecule has 0 fully saturated rings. The summed E-state index contributed by atoms with van der Waals surface area (Å²) in [5, 5.41) is 8.88. The number of hydrogen-bond acceptors (Lipinski definition) is 4. The lowest BCUT2D eigenvalue weighted by Gasteiger charge is -2.09. The number of halogens is 3. The SMILES string of the molecule is COC(=O)Cc1nc(C(F)F)c(CCl)cc1C#N. The molecule has 0 amide bonds. The molecule has 4 nitrogen and oxygen atoms in total. The molecule has 96 valence electrons. The first kappa shape index (κ1) is 14.3. The Labute approximate surface area is 107 Å². The van der Waals surface area contributed by atoms with Crippen LogP contribution in [-0.2, 0) is 21.8 Å². The fourth-order valence-corrected chi connectivity index (χ4v) is 1.56. The zero-order chi connectivity index (χ0) is 13.7. The number of ether oxygens (including phenoxy) is 1. The number of carbonyl (C=O) groups excluding carboxylic acids is 1. The Morgan fingerprint density at radius 2 is 2.33 bits per heavy atom. The van der Waals surface area contributed by atoms with E-state index in [2.05, 4.69) is 9.72 Å². The Bertz CT molecular complexity index is 501. The van der Waals surface area contributed by atoms with Crippen LogP contribution in [0.25, 0.3) is 0 Å². The molecule has 0 spiro atoms. The molecule has 0 atom stereocenters. The third-order valence-corrected chi connectivity index (χ3v) is 2.51. The van der Waals surface area contributed by atoms with Gasteiger partial charge < -0.3 is 4.74 Å². The molecule has 1 aromatic heterocycles. The van der Waals surface area contributed by atoms with Crippen LogP contribution >= 0.6 is 11.6 Å². The highest BCUT2D eigenvalue weighted by Gasteiger charge is 2.19. The zero-order valence-electron chi connectivity index (χ0n) is 9.41. The van der Waals surface area contributed by atoms with Crippen LogP contribution in [0.2, 0.25) is 0 Å². The van der Waals surface area contributed by atoms with Gasteiger partial charge in [0.05, 0.1) is 24.8 Å². The van der Waals surface area contributed by atoms with Gasteiger partial charge in [-0.1, -0.05) is 0 Å². The van der Waals surface area contributed by atoms with Crippen molar-refractivity contribution in [3.05, 3.63) is 28.6 Å². The molecule has 18 heavy (non-hydrogen) atoms. The van der Waals surface area contributed by atoms with E-state index in [-0.39, 0.29) is 29.1 Å². The van der Waals surface area contributed by atoms with Crippen LogP contribution in [0, 0.1) is 11.3 Å². The average Bonchev–Trinajstić information content (AvgIpc) is 2.37. The lowest BCUT2D eigenvalue weighted by atomic mass is 10.1. The van der Waals surface area contributed by atoms with Crippen molar-refractivity contribution in [3.8, 4) is 6.07 Å². The maximum Gasteiger partial charge on any atom is 0.311 e. The van der Waals surface area contributed by atoms with Crippen LogP contribution in [0.1, 0.15) is 28.9 Å². The van der Waals surface area contributed by atoms with Crippen LogP contribution < -0.4 is 0 Å². The molecule has 0 saturated carbocycles. The van der Waals surface area contributed by atoms with Gasteiger partial charge in [-0.3, -0.25) is 4.79 Å². The van der Waals surface area contributed by atoms with Gasteiger partial charge in [-0.2, -0.15) is 5.26 Å². The Balaban J connectivity index is 3.28. The van der Waals surface area contributed by atoms with Crippen LogP contribution in [-0.4, -0.2) is 18.1 Å². The van der Waals surface area contributed by atoms with Crippen LogP contribution in [0.3, 0.4) is 0 Å². The van der Waals surface area contributed by atoms with E-state index in [0.717, 1.165) is 7.11 Å². The Morgan fingerprint density at radius 1 is 1.67 bits per heavy atom. The maximum absolute atomic E-state index is 12.7. The quantitative estimate of drug-likeness (QED) is 0.624. The van der Waals surface area contributed by atoms with Crippen molar-refractivity contribution in [1.82, 2.24) is 4.98 Å². The van der Waals surface area contributed by atoms with Gasteiger partial charge in [0.15, 0.2) is 0 Å². The van der Waals surface area contributed by atoms with Gasteiger partial charge in [-0.05, 0) is 11.6 Å². The molecule has 1 aromatic rings. The molecule has 0 aliphatic rings. The molecule has 0 radical (unpaired) electrons. The number of methoxy groups -OCH3 is 1. The minimum absolute atomic E-state index is 0.0338. The van der Waals surface area contributed by atoms with E-state index in [4.69, 9.17) is 16.9 Å². The molecule has 0 unspecified atom stereocenters. The summed E-state index contributed by atoms with van der Waals surface area (Å²) in [6.07, 6.45) is -3.15. The lowest BCUT2D eigenvalue weighted by molar-refractivity contribution is -0.139. The first-order chi connectivity index (χ1) is 8.53. The van der Waals surface area contributed by atoms with Gasteiger partial charge in [0.25, 0.3) is 6.43 Å². The Hall–Kier alpha value is -1.74. The van der Waals surface area contributed by atoms with E-state index < -0.39 is 18.1 Å². The topological polar surface area (TPSA) is 63.0 Å². The largest absolute Gasteiger partial charge is 0.469 e. The van der Waals surface area contributed by atoms with Crippen LogP contribution in [0.15, 0.2) is 6.07 Å². The molecule has 0 aromatic carbocycles. The first-order valence-corrected chi connectivity index (χ1v) is 5.40. The van der Waals surface area contributed by atoms with E-state index in [1.54, 1.807) is 6.07 Å². The van der Waals surface area contributed by atoms with E-state index in [1.807, 2.05) is 0 Å². The summed E-state index contributed by atoms with van der Waals surface area (Å²) in [7, 11) is 1.16. The van der Waals surface area contributed by atoms with Gasteiger partial charge in [0.2, 0.25) is 0 Å². The Morgan fingerprint density at radius 3 is 2.78 bits per heavy atom. The molecule has 0 saturated heterocycles. The second-order valence-electron chi connectivity index (χ2n) is 3.33. The van der Waals surface area contributed by atoms with Gasteiger partial charge in [-0.15, -0.1) is 11.6 Å². The average molecular weight is 275 g/mol. The zero-order valence-corrected chi connectivity index (χ0v) is 10.2. The summed E-state index contributed by atoms with van der Waals surface area (Å²) < 4.78 is 29.9. The molecule has 0 aliphatic carbocycles. The fraction of sp³-hybridized carbons (Fsp3) is 0.364. The van der Waals surface area contributed by atoms with E-state index in [1.165, 1.54) is 6.07 Å². The number of rotatable bonds is 4. The summed E-state index contributed by atoms with van der Waals surface area (Å²) in [4.78, 5) is 14.7. The number of aromatic nitrogens is 1. The van der Waals surface area contributed by atoms with Crippen molar-refractivity contribution in [2.75, 3.05) is 7.11 Å². The molecular formula is C11H9ClF2N2O2. The summed E-state index contributed by atoms with van der Waals surface area (Å²) in [5.74, 6) is -0.835. The number of carbonyl (C=O) groups is 1. The van der Waals surface area contributed by atoms with Crippen molar-refractivity contribution in [2.45, 2.75) is 18.7 Å². The van der Waals surface area contributed by atoms with Gasteiger partial charge >= 0.3 is 5.97 Å². The van der Waals surface area contributed by atoms with Crippen molar-refractivity contribution in [1.29, 1.82) is 5.26 Å². The molecular weight excluding hydrogens is 266 g/mol. The first-order valence-electron chi connectivity index (χ1n) is 4.87. The summed E-state index contributed by atoms with van der Waals surface area (Å²) in [6.45, 7) is 0. The minimum Gasteiger partial charge on any atom is -0.469 e. The number of pyridine rings is 1. The molecule has 0 bridgehead atoms. The van der Waals surface area contributed by atoms with Crippen molar-refractivity contribution >= 4 is 17.6 Å². The number of alkyl halides is 3. The number of hydrogen-bond donors (Lipinski definition) is 0. The predicted molar refractivity (Wildman–Crippen MR) is 59.2 cm³/mol. The molecule has 1 rings (SSSR count). The Kier molecular flexibility index (Phi) is 4.98. The highest BCUT2D eigenvalue weighted by atomic mass is 35.5. The smallest absolute Gasteiger partial charge is 0.311 e. The monoisotopic (exact) mass is 274 g/mol. The molecule has 0 N–H and O–H groups in total. The molecule has 0 aliphatic heterocycles. The van der Waals surface area contributed by atoms with E-state index >= 15 is 0 Å². The lowest BCUT2D eigenvalue weighted by Crippen LogP contribution is -2.11. The van der Waals surface area contributed by atoms with Crippen molar-refractivity contribution in [2.24, 2.45) is 0 Å². The van der Waals surface area contributed by atoms with Crippen molar-refractivity contribution in [3.63, 3.8) is 0 Å². The summed E-state index contributed by atoms with van der Waals surface area (Å²) >= 11 is 5.52. The summed E-state index contributed by atoms with van der Waals surface area (Å²) in [6, 6.07) is 3.01. The number of nitriles is 1. The second-order valence-corrected chi connectivity index (χ2v) is 3.59. The van der Waals surface area contributed by atoms with E-state index in [9.17, 15) is 13.6 Å². The molecule has 7 heteroatoms. The highest BCUT2D eigenvalue weighted by molar-refractivity contribution is 6.17. The second kappa shape index (κ2) is 6.26. The van der Waals surface area contributed by atoms with Crippen LogP contribution in [0.4, 0.5) is 8.78 Å². The van der Waals surface area contributed by atoms with E-state index in [0.29, 0.717) is 0 Å².